The van der Waals surface area contributed by atoms with Crippen molar-refractivity contribution in [2.75, 3.05) is 12.3 Å². The minimum Gasteiger partial charge on any atom is -0.362 e. The Kier molecular flexibility index (Phi) is 2.96. The van der Waals surface area contributed by atoms with E-state index in [-0.39, 0.29) is 11.9 Å². The quantitative estimate of drug-likeness (QED) is 0.696. The molecule has 0 aromatic carbocycles. The first-order chi connectivity index (χ1) is 6.74. The third-order valence-electron chi connectivity index (χ3n) is 2.38. The van der Waals surface area contributed by atoms with E-state index in [1.807, 2.05) is 0 Å². The van der Waals surface area contributed by atoms with Gasteiger partial charge in [0.1, 0.15) is 0 Å². The summed E-state index contributed by atoms with van der Waals surface area (Å²) in [6, 6.07) is 0.783. The van der Waals surface area contributed by atoms with E-state index in [0.29, 0.717) is 19.0 Å². The number of rotatable bonds is 2. The molecule has 0 bridgehead atoms. The molecule has 0 radical (unpaired) electrons. The van der Waals surface area contributed by atoms with Crippen molar-refractivity contribution in [2.45, 2.75) is 31.8 Å². The first-order valence-corrected chi connectivity index (χ1v) is 5.96. The molecule has 2 N–H and O–H groups in total. The molecule has 2 rings (SSSR count). The van der Waals surface area contributed by atoms with Gasteiger partial charge in [-0.15, -0.1) is 0 Å². The van der Waals surface area contributed by atoms with E-state index in [1.165, 1.54) is 0 Å². The van der Waals surface area contributed by atoms with Crippen LogP contribution in [0.2, 0.25) is 0 Å². The van der Waals surface area contributed by atoms with Gasteiger partial charge in [-0.25, -0.2) is 0 Å². The van der Waals surface area contributed by atoms with E-state index in [9.17, 15) is 4.79 Å². The smallest absolute Gasteiger partial charge is 0.220 e. The van der Waals surface area contributed by atoms with Crippen molar-refractivity contribution in [3.8, 4) is 0 Å². The summed E-state index contributed by atoms with van der Waals surface area (Å²) in [5, 5.41) is 7.22. The number of nitrogens with zero attached hydrogens (tertiary/aromatic N) is 1. The lowest BCUT2D eigenvalue weighted by atomic mass is 10.2. The van der Waals surface area contributed by atoms with Crippen LogP contribution >= 0.6 is 11.8 Å². The fraction of sp³-hybridized carbons (Fsp3) is 0.778. The van der Waals surface area contributed by atoms with E-state index in [0.717, 1.165) is 17.3 Å². The Balaban J connectivity index is 1.79. The van der Waals surface area contributed by atoms with Crippen LogP contribution in [0.3, 0.4) is 0 Å². The van der Waals surface area contributed by atoms with E-state index in [4.69, 9.17) is 0 Å². The summed E-state index contributed by atoms with van der Waals surface area (Å²) < 4.78 is 0. The predicted molar refractivity (Wildman–Crippen MR) is 58.5 cm³/mol. The molecule has 0 aliphatic carbocycles. The molecule has 4 nitrogen and oxygen atoms in total. The molecule has 5 heteroatoms. The molecule has 1 amide bonds. The molecule has 2 atom stereocenters. The summed E-state index contributed by atoms with van der Waals surface area (Å²) in [6.45, 7) is 2.86. The largest absolute Gasteiger partial charge is 0.362 e. The maximum atomic E-state index is 10.9. The Morgan fingerprint density at radius 2 is 2.43 bits per heavy atom. The van der Waals surface area contributed by atoms with Gasteiger partial charge in [0.05, 0.1) is 6.54 Å². The van der Waals surface area contributed by atoms with E-state index in [2.05, 4.69) is 22.5 Å². The van der Waals surface area contributed by atoms with Crippen molar-refractivity contribution in [1.82, 2.24) is 10.6 Å². The molecule has 0 saturated carbocycles. The molecule has 2 heterocycles. The van der Waals surface area contributed by atoms with E-state index < -0.39 is 0 Å². The number of amidine groups is 1. The highest BCUT2D eigenvalue weighted by atomic mass is 32.2. The normalized spacial score (nSPS) is 34.6. The lowest BCUT2D eigenvalue weighted by Gasteiger charge is -2.06. The minimum absolute atomic E-state index is 0.163. The van der Waals surface area contributed by atoms with Crippen LogP contribution in [0.4, 0.5) is 0 Å². The van der Waals surface area contributed by atoms with Gasteiger partial charge in [-0.2, -0.15) is 0 Å². The second kappa shape index (κ2) is 4.21. The molecule has 2 saturated heterocycles. The third-order valence-corrected chi connectivity index (χ3v) is 3.57. The van der Waals surface area contributed by atoms with Crippen molar-refractivity contribution in [3.63, 3.8) is 0 Å². The summed E-state index contributed by atoms with van der Waals surface area (Å²) >= 11 is 1.76. The molecule has 2 aliphatic rings. The van der Waals surface area contributed by atoms with Gasteiger partial charge in [-0.05, 0) is 13.3 Å². The van der Waals surface area contributed by atoms with Gasteiger partial charge >= 0.3 is 0 Å². The molecule has 0 aromatic rings. The number of hydrogen-bond donors (Lipinski definition) is 2. The van der Waals surface area contributed by atoms with Gasteiger partial charge in [0.25, 0.3) is 0 Å². The number of carbonyl (C=O) groups is 1. The van der Waals surface area contributed by atoms with Gasteiger partial charge in [-0.1, -0.05) is 11.8 Å². The van der Waals surface area contributed by atoms with E-state index >= 15 is 0 Å². The predicted octanol–water partition coefficient (Wildman–Crippen LogP) is 0.346. The third kappa shape index (κ3) is 2.41. The number of nitrogens with one attached hydrogen (secondary N) is 2. The zero-order valence-electron chi connectivity index (χ0n) is 8.25. The summed E-state index contributed by atoms with van der Waals surface area (Å²) in [5.41, 5.74) is 0. The summed E-state index contributed by atoms with van der Waals surface area (Å²) in [4.78, 5) is 15.4. The van der Waals surface area contributed by atoms with Gasteiger partial charge in [0.2, 0.25) is 5.91 Å². The number of aliphatic imine (C=N–C) groups is 1. The second-order valence-electron chi connectivity index (χ2n) is 3.81. The summed E-state index contributed by atoms with van der Waals surface area (Å²) in [7, 11) is 0. The molecule has 2 aliphatic heterocycles. The van der Waals surface area contributed by atoms with Crippen LogP contribution in [-0.4, -0.2) is 35.5 Å². The van der Waals surface area contributed by atoms with Crippen molar-refractivity contribution in [1.29, 1.82) is 0 Å². The van der Waals surface area contributed by atoms with Crippen molar-refractivity contribution in [2.24, 2.45) is 4.99 Å². The molecular formula is C9H15N3OS. The Labute approximate surface area is 87.9 Å². The standard InChI is InChI=1S/C9H15N3OS/c1-6-5-14-9(11-6)10-4-7-2-3-8(13)12-7/h6-7H,2-5H2,1H3,(H,10,11)(H,12,13). The van der Waals surface area contributed by atoms with Crippen LogP contribution in [0.5, 0.6) is 0 Å². The molecule has 14 heavy (non-hydrogen) atoms. The lowest BCUT2D eigenvalue weighted by Crippen LogP contribution is -2.29. The molecule has 2 unspecified atom stereocenters. The van der Waals surface area contributed by atoms with Crippen molar-refractivity contribution < 1.29 is 4.79 Å². The number of hydrogen-bond acceptors (Lipinski definition) is 3. The molecule has 0 spiro atoms. The van der Waals surface area contributed by atoms with Crippen molar-refractivity contribution >= 4 is 22.8 Å². The Bertz CT molecular complexity index is 267. The second-order valence-corrected chi connectivity index (χ2v) is 4.81. The Morgan fingerprint density at radius 3 is 3.00 bits per heavy atom. The van der Waals surface area contributed by atoms with Crippen LogP contribution < -0.4 is 10.6 Å². The van der Waals surface area contributed by atoms with Gasteiger partial charge < -0.3 is 10.6 Å². The van der Waals surface area contributed by atoms with Crippen LogP contribution in [-0.2, 0) is 4.79 Å². The van der Waals surface area contributed by atoms with Gasteiger partial charge in [-0.3, -0.25) is 9.79 Å². The van der Waals surface area contributed by atoms with Crippen LogP contribution in [0.1, 0.15) is 19.8 Å². The average Bonchev–Trinajstić information content (AvgIpc) is 2.72. The zero-order chi connectivity index (χ0) is 9.97. The number of carbonyl (C=O) groups excluding carboxylic acids is 1. The first kappa shape index (κ1) is 9.83. The molecule has 2 fully saturated rings. The van der Waals surface area contributed by atoms with Crippen LogP contribution in [0.15, 0.2) is 4.99 Å². The van der Waals surface area contributed by atoms with Gasteiger partial charge in [0.15, 0.2) is 5.17 Å². The van der Waals surface area contributed by atoms with E-state index in [1.54, 1.807) is 11.8 Å². The Morgan fingerprint density at radius 1 is 1.57 bits per heavy atom. The first-order valence-electron chi connectivity index (χ1n) is 4.97. The van der Waals surface area contributed by atoms with Crippen LogP contribution in [0.25, 0.3) is 0 Å². The van der Waals surface area contributed by atoms with Crippen LogP contribution in [0, 0.1) is 0 Å². The van der Waals surface area contributed by atoms with Gasteiger partial charge in [0, 0.05) is 24.3 Å². The molecule has 0 aromatic heterocycles. The zero-order valence-corrected chi connectivity index (χ0v) is 9.06. The average molecular weight is 213 g/mol. The number of thioether (sulfide) groups is 1. The molecule has 78 valence electrons. The maximum Gasteiger partial charge on any atom is 0.220 e. The fourth-order valence-corrected chi connectivity index (χ4v) is 2.54. The molecular weight excluding hydrogens is 198 g/mol. The monoisotopic (exact) mass is 213 g/mol. The summed E-state index contributed by atoms with van der Waals surface area (Å²) in [6.07, 6.45) is 1.59. The lowest BCUT2D eigenvalue weighted by molar-refractivity contribution is -0.119. The Hall–Kier alpha value is -0.710. The van der Waals surface area contributed by atoms with Crippen molar-refractivity contribution in [3.05, 3.63) is 0 Å². The highest BCUT2D eigenvalue weighted by Crippen LogP contribution is 2.14. The minimum atomic E-state index is 0.163. The fourth-order valence-electron chi connectivity index (χ4n) is 1.60. The topological polar surface area (TPSA) is 53.5 Å². The SMILES string of the molecule is CC1CSC(=NCC2CCC(=O)N2)N1. The summed E-state index contributed by atoms with van der Waals surface area (Å²) in [5.74, 6) is 1.26. The highest BCUT2D eigenvalue weighted by molar-refractivity contribution is 8.14. The maximum absolute atomic E-state index is 10.9. The number of amides is 1. The highest BCUT2D eigenvalue weighted by Gasteiger charge is 2.21.